The van der Waals surface area contributed by atoms with Crippen molar-refractivity contribution in [1.29, 1.82) is 0 Å². The highest BCUT2D eigenvalue weighted by atomic mass is 19.1. The Morgan fingerprint density at radius 3 is 3.00 bits per heavy atom. The first kappa shape index (κ1) is 12.1. The van der Waals surface area contributed by atoms with Crippen molar-refractivity contribution in [2.45, 2.75) is 6.54 Å². The SMILES string of the molecule is CNCc1cn(-c2c(F)cccc2[N+](=O)[O-])nn1. The van der Waals surface area contributed by atoms with Crippen LogP contribution in [0, 0.1) is 15.9 Å². The first-order chi connectivity index (χ1) is 8.63. The fourth-order valence-corrected chi connectivity index (χ4v) is 1.55. The molecular formula is C10H10FN5O2. The van der Waals surface area contributed by atoms with Crippen LogP contribution in [-0.4, -0.2) is 27.0 Å². The maximum absolute atomic E-state index is 13.7. The molecule has 0 saturated carbocycles. The van der Waals surface area contributed by atoms with E-state index in [1.54, 1.807) is 7.05 Å². The van der Waals surface area contributed by atoms with E-state index in [-0.39, 0.29) is 11.4 Å². The van der Waals surface area contributed by atoms with Gasteiger partial charge in [-0.05, 0) is 13.1 Å². The Balaban J connectivity index is 2.51. The Hall–Kier alpha value is -2.35. The van der Waals surface area contributed by atoms with Crippen molar-refractivity contribution >= 4 is 5.69 Å². The molecule has 0 fully saturated rings. The van der Waals surface area contributed by atoms with Crippen LogP contribution in [0.15, 0.2) is 24.4 Å². The minimum absolute atomic E-state index is 0.211. The minimum atomic E-state index is -0.717. The van der Waals surface area contributed by atoms with E-state index in [1.807, 2.05) is 0 Å². The van der Waals surface area contributed by atoms with Crippen LogP contribution in [0.1, 0.15) is 5.69 Å². The lowest BCUT2D eigenvalue weighted by molar-refractivity contribution is -0.384. The van der Waals surface area contributed by atoms with Crippen molar-refractivity contribution in [2.24, 2.45) is 0 Å². The predicted octanol–water partition coefficient (Wildman–Crippen LogP) is 1.03. The third-order valence-electron chi connectivity index (χ3n) is 2.29. The molecule has 0 aliphatic carbocycles. The zero-order valence-electron chi connectivity index (χ0n) is 9.50. The van der Waals surface area contributed by atoms with Crippen LogP contribution in [0.3, 0.4) is 0 Å². The molecule has 18 heavy (non-hydrogen) atoms. The van der Waals surface area contributed by atoms with Crippen LogP contribution in [-0.2, 0) is 6.54 Å². The van der Waals surface area contributed by atoms with E-state index in [0.717, 1.165) is 10.7 Å². The summed E-state index contributed by atoms with van der Waals surface area (Å²) in [5.41, 5.74) is 0.00307. The lowest BCUT2D eigenvalue weighted by atomic mass is 10.2. The van der Waals surface area contributed by atoms with Crippen LogP contribution in [0.2, 0.25) is 0 Å². The van der Waals surface area contributed by atoms with E-state index in [0.29, 0.717) is 12.2 Å². The summed E-state index contributed by atoms with van der Waals surface area (Å²) in [5, 5.41) is 21.2. The van der Waals surface area contributed by atoms with Gasteiger partial charge in [-0.15, -0.1) is 5.10 Å². The van der Waals surface area contributed by atoms with Crippen molar-refractivity contribution in [2.75, 3.05) is 7.05 Å². The van der Waals surface area contributed by atoms with Crippen LogP contribution in [0.5, 0.6) is 0 Å². The van der Waals surface area contributed by atoms with Crippen LogP contribution < -0.4 is 5.32 Å². The molecule has 0 unspecified atom stereocenters. The van der Waals surface area contributed by atoms with Gasteiger partial charge < -0.3 is 5.32 Å². The molecule has 2 aromatic rings. The Labute approximate surface area is 101 Å². The summed E-state index contributed by atoms with van der Waals surface area (Å²) < 4.78 is 14.8. The zero-order chi connectivity index (χ0) is 13.1. The van der Waals surface area contributed by atoms with Crippen LogP contribution in [0.25, 0.3) is 5.69 Å². The molecular weight excluding hydrogens is 241 g/mol. The van der Waals surface area contributed by atoms with Crippen LogP contribution in [0.4, 0.5) is 10.1 Å². The average molecular weight is 251 g/mol. The number of nitro groups is 1. The Kier molecular flexibility index (Phi) is 3.28. The summed E-state index contributed by atoms with van der Waals surface area (Å²) >= 11 is 0. The number of aromatic nitrogens is 3. The zero-order valence-corrected chi connectivity index (χ0v) is 9.50. The normalized spacial score (nSPS) is 10.6. The average Bonchev–Trinajstić information content (AvgIpc) is 2.77. The number of nitrogens with zero attached hydrogens (tertiary/aromatic N) is 4. The number of hydrogen-bond acceptors (Lipinski definition) is 5. The third-order valence-corrected chi connectivity index (χ3v) is 2.29. The molecule has 0 radical (unpaired) electrons. The monoisotopic (exact) mass is 251 g/mol. The van der Waals surface area contributed by atoms with Crippen molar-refractivity contribution in [3.63, 3.8) is 0 Å². The van der Waals surface area contributed by atoms with E-state index in [9.17, 15) is 14.5 Å². The Morgan fingerprint density at radius 2 is 2.33 bits per heavy atom. The maximum Gasteiger partial charge on any atom is 0.297 e. The molecule has 0 spiro atoms. The van der Waals surface area contributed by atoms with Gasteiger partial charge in [0.2, 0.25) is 0 Å². The van der Waals surface area contributed by atoms with E-state index >= 15 is 0 Å². The number of rotatable bonds is 4. The van der Waals surface area contributed by atoms with Gasteiger partial charge in [-0.3, -0.25) is 10.1 Å². The highest BCUT2D eigenvalue weighted by Gasteiger charge is 2.20. The molecule has 0 bridgehead atoms. The fraction of sp³-hybridized carbons (Fsp3) is 0.200. The van der Waals surface area contributed by atoms with Gasteiger partial charge in [0.1, 0.15) is 0 Å². The minimum Gasteiger partial charge on any atom is -0.314 e. The summed E-state index contributed by atoms with van der Waals surface area (Å²) in [6.45, 7) is 0.447. The van der Waals surface area contributed by atoms with Gasteiger partial charge in [0, 0.05) is 12.6 Å². The molecule has 7 nitrogen and oxygen atoms in total. The summed E-state index contributed by atoms with van der Waals surface area (Å²) in [6.07, 6.45) is 1.45. The van der Waals surface area contributed by atoms with Crippen molar-refractivity contribution < 1.29 is 9.31 Å². The topological polar surface area (TPSA) is 85.9 Å². The third kappa shape index (κ3) is 2.18. The number of benzene rings is 1. The summed E-state index contributed by atoms with van der Waals surface area (Å²) in [5.74, 6) is -0.717. The van der Waals surface area contributed by atoms with Gasteiger partial charge in [-0.25, -0.2) is 9.07 Å². The molecule has 0 atom stereocenters. The van der Waals surface area contributed by atoms with Gasteiger partial charge in [-0.2, -0.15) is 0 Å². The van der Waals surface area contributed by atoms with Gasteiger partial charge in [0.25, 0.3) is 5.69 Å². The smallest absolute Gasteiger partial charge is 0.297 e. The highest BCUT2D eigenvalue weighted by Crippen LogP contribution is 2.24. The van der Waals surface area contributed by atoms with Gasteiger partial charge >= 0.3 is 0 Å². The highest BCUT2D eigenvalue weighted by molar-refractivity contribution is 5.52. The van der Waals surface area contributed by atoms with E-state index in [2.05, 4.69) is 15.6 Å². The van der Waals surface area contributed by atoms with Gasteiger partial charge in [0.05, 0.1) is 16.8 Å². The second kappa shape index (κ2) is 4.88. The van der Waals surface area contributed by atoms with Crippen molar-refractivity contribution in [3.05, 3.63) is 46.0 Å². The van der Waals surface area contributed by atoms with E-state index < -0.39 is 10.7 Å². The first-order valence-electron chi connectivity index (χ1n) is 5.12. The summed E-state index contributed by atoms with van der Waals surface area (Å²) in [4.78, 5) is 10.2. The Bertz CT molecular complexity index is 583. The lowest BCUT2D eigenvalue weighted by Crippen LogP contribution is -2.05. The molecule has 94 valence electrons. The standard InChI is InChI=1S/C10H10FN5O2/c1-12-5-7-6-15(14-13-7)10-8(11)3-2-4-9(10)16(17)18/h2-4,6,12H,5H2,1H3. The molecule has 2 rings (SSSR count). The molecule has 1 aromatic heterocycles. The van der Waals surface area contributed by atoms with Crippen LogP contribution >= 0.6 is 0 Å². The number of halogens is 1. The molecule has 8 heteroatoms. The maximum atomic E-state index is 13.7. The number of hydrogen-bond donors (Lipinski definition) is 1. The molecule has 1 aromatic carbocycles. The lowest BCUT2D eigenvalue weighted by Gasteiger charge is -2.02. The molecule has 0 amide bonds. The summed E-state index contributed by atoms with van der Waals surface area (Å²) in [7, 11) is 1.73. The number of nitrogens with one attached hydrogen (secondary N) is 1. The molecule has 0 saturated heterocycles. The van der Waals surface area contributed by atoms with E-state index in [4.69, 9.17) is 0 Å². The molecule has 1 heterocycles. The quantitative estimate of drug-likeness (QED) is 0.648. The predicted molar refractivity (Wildman–Crippen MR) is 60.7 cm³/mol. The van der Waals surface area contributed by atoms with Crippen molar-refractivity contribution in [1.82, 2.24) is 20.3 Å². The Morgan fingerprint density at radius 1 is 1.56 bits per heavy atom. The molecule has 0 aliphatic rings. The molecule has 1 N–H and O–H groups in total. The first-order valence-corrected chi connectivity index (χ1v) is 5.12. The van der Waals surface area contributed by atoms with E-state index in [1.165, 1.54) is 18.3 Å². The van der Waals surface area contributed by atoms with Gasteiger partial charge in [-0.1, -0.05) is 11.3 Å². The second-order valence-corrected chi connectivity index (χ2v) is 3.55. The fourth-order valence-electron chi connectivity index (χ4n) is 1.55. The largest absolute Gasteiger partial charge is 0.314 e. The molecule has 0 aliphatic heterocycles. The van der Waals surface area contributed by atoms with Gasteiger partial charge in [0.15, 0.2) is 11.5 Å². The number of para-hydroxylation sites is 1. The number of nitro benzene ring substituents is 1. The summed E-state index contributed by atoms with van der Waals surface area (Å²) in [6, 6.07) is 3.64. The van der Waals surface area contributed by atoms with Crippen molar-refractivity contribution in [3.8, 4) is 5.69 Å². The second-order valence-electron chi connectivity index (χ2n) is 3.55.